The summed E-state index contributed by atoms with van der Waals surface area (Å²) in [5.74, 6) is 0.0447. The van der Waals surface area contributed by atoms with Crippen molar-refractivity contribution in [1.29, 1.82) is 0 Å². The van der Waals surface area contributed by atoms with Crippen LogP contribution < -0.4 is 15.8 Å². The maximum atomic E-state index is 12.3. The molecule has 0 aromatic heterocycles. The second-order valence-electron chi connectivity index (χ2n) is 4.07. The number of carbonyl (C=O) groups excluding carboxylic acids is 2. The van der Waals surface area contributed by atoms with Crippen molar-refractivity contribution in [3.63, 3.8) is 0 Å². The Morgan fingerprint density at radius 1 is 1.42 bits per heavy atom. The van der Waals surface area contributed by atoms with Crippen molar-refractivity contribution in [1.82, 2.24) is 10.2 Å². The van der Waals surface area contributed by atoms with Gasteiger partial charge in [0.25, 0.3) is 5.91 Å². The summed E-state index contributed by atoms with van der Waals surface area (Å²) in [5, 5.41) is 2.51. The molecule has 0 aliphatic rings. The summed E-state index contributed by atoms with van der Waals surface area (Å²) in [6.07, 6.45) is 0.244. The first-order chi connectivity index (χ1) is 9.01. The molecular weight excluding hydrogens is 246 g/mol. The molecular formula is C13H19N3O3. The fraction of sp³-hybridized carbons (Fsp3) is 0.385. The first kappa shape index (κ1) is 14.8. The Morgan fingerprint density at radius 3 is 2.68 bits per heavy atom. The van der Waals surface area contributed by atoms with Gasteiger partial charge in [-0.15, -0.1) is 0 Å². The maximum Gasteiger partial charge on any atom is 0.259 e. The van der Waals surface area contributed by atoms with Crippen LogP contribution in [0.3, 0.4) is 0 Å². The lowest BCUT2D eigenvalue weighted by Gasteiger charge is -2.19. The van der Waals surface area contributed by atoms with Crippen LogP contribution in [0.2, 0.25) is 0 Å². The van der Waals surface area contributed by atoms with Gasteiger partial charge in [0.2, 0.25) is 5.91 Å². The van der Waals surface area contributed by atoms with E-state index in [9.17, 15) is 9.59 Å². The number of ether oxygens (including phenoxy) is 1. The average molecular weight is 265 g/mol. The smallest absolute Gasteiger partial charge is 0.259 e. The SMILES string of the molecule is CNC(=O)CCN(C)C(=O)c1c(N)cccc1OC. The Hall–Kier alpha value is -2.24. The van der Waals surface area contributed by atoms with Crippen LogP contribution in [0.25, 0.3) is 0 Å². The zero-order valence-electron chi connectivity index (χ0n) is 11.4. The van der Waals surface area contributed by atoms with E-state index in [0.717, 1.165) is 0 Å². The van der Waals surface area contributed by atoms with Gasteiger partial charge in [-0.1, -0.05) is 6.07 Å². The van der Waals surface area contributed by atoms with E-state index in [-0.39, 0.29) is 18.2 Å². The predicted molar refractivity (Wildman–Crippen MR) is 73.1 cm³/mol. The van der Waals surface area contributed by atoms with E-state index in [1.54, 1.807) is 32.3 Å². The van der Waals surface area contributed by atoms with Gasteiger partial charge in [0, 0.05) is 32.7 Å². The number of nitrogens with two attached hydrogens (primary N) is 1. The molecule has 0 unspecified atom stereocenters. The molecule has 0 fully saturated rings. The third kappa shape index (κ3) is 3.61. The molecule has 0 aliphatic heterocycles. The van der Waals surface area contributed by atoms with E-state index in [0.29, 0.717) is 23.5 Å². The lowest BCUT2D eigenvalue weighted by atomic mass is 10.1. The molecule has 0 saturated heterocycles. The van der Waals surface area contributed by atoms with Crippen LogP contribution in [0, 0.1) is 0 Å². The van der Waals surface area contributed by atoms with Gasteiger partial charge in [-0.25, -0.2) is 0 Å². The van der Waals surface area contributed by atoms with Crippen LogP contribution in [0.1, 0.15) is 16.8 Å². The molecule has 0 radical (unpaired) electrons. The molecule has 0 heterocycles. The van der Waals surface area contributed by atoms with E-state index < -0.39 is 0 Å². The fourth-order valence-electron chi connectivity index (χ4n) is 1.63. The first-order valence-corrected chi connectivity index (χ1v) is 5.89. The summed E-state index contributed by atoms with van der Waals surface area (Å²) in [6.45, 7) is 0.315. The number of hydrogen-bond acceptors (Lipinski definition) is 4. The molecule has 1 aromatic carbocycles. The Bertz CT molecular complexity index is 474. The number of nitrogen functional groups attached to an aromatic ring is 1. The molecule has 19 heavy (non-hydrogen) atoms. The van der Waals surface area contributed by atoms with Gasteiger partial charge < -0.3 is 20.7 Å². The molecule has 2 amide bonds. The number of nitrogens with zero attached hydrogens (tertiary/aromatic N) is 1. The lowest BCUT2D eigenvalue weighted by molar-refractivity contribution is -0.120. The second-order valence-corrected chi connectivity index (χ2v) is 4.07. The van der Waals surface area contributed by atoms with Crippen LogP contribution in [0.5, 0.6) is 5.75 Å². The van der Waals surface area contributed by atoms with Crippen molar-refractivity contribution in [2.75, 3.05) is 33.5 Å². The number of hydrogen-bond donors (Lipinski definition) is 2. The normalized spacial score (nSPS) is 9.84. The van der Waals surface area contributed by atoms with Gasteiger partial charge in [0.1, 0.15) is 11.3 Å². The van der Waals surface area contributed by atoms with Gasteiger partial charge >= 0.3 is 0 Å². The molecule has 0 bridgehead atoms. The molecule has 0 aliphatic carbocycles. The highest BCUT2D eigenvalue weighted by atomic mass is 16.5. The highest BCUT2D eigenvalue weighted by Crippen LogP contribution is 2.25. The summed E-state index contributed by atoms with van der Waals surface area (Å²) in [6, 6.07) is 5.04. The third-order valence-corrected chi connectivity index (χ3v) is 2.79. The zero-order chi connectivity index (χ0) is 14.4. The standard InChI is InChI=1S/C13H19N3O3/c1-15-11(17)7-8-16(2)13(18)12-9(14)5-4-6-10(12)19-3/h4-6H,7-8,14H2,1-3H3,(H,15,17). The monoisotopic (exact) mass is 265 g/mol. The molecule has 6 heteroatoms. The van der Waals surface area contributed by atoms with Gasteiger partial charge in [0.05, 0.1) is 7.11 Å². The zero-order valence-corrected chi connectivity index (χ0v) is 11.4. The Labute approximate surface area is 112 Å². The van der Waals surface area contributed by atoms with Gasteiger partial charge in [-0.2, -0.15) is 0 Å². The van der Waals surface area contributed by atoms with Crippen molar-refractivity contribution >= 4 is 17.5 Å². The van der Waals surface area contributed by atoms with Crippen molar-refractivity contribution in [2.45, 2.75) is 6.42 Å². The van der Waals surface area contributed by atoms with Crippen LogP contribution in [0.15, 0.2) is 18.2 Å². The average Bonchev–Trinajstić information content (AvgIpc) is 2.43. The quantitative estimate of drug-likeness (QED) is 0.759. The molecule has 1 aromatic rings. The summed E-state index contributed by atoms with van der Waals surface area (Å²) in [5.41, 5.74) is 6.49. The van der Waals surface area contributed by atoms with Crippen LogP contribution >= 0.6 is 0 Å². The highest BCUT2D eigenvalue weighted by Gasteiger charge is 2.19. The minimum atomic E-state index is -0.265. The molecule has 1 rings (SSSR count). The van der Waals surface area contributed by atoms with Gasteiger partial charge in [-0.05, 0) is 12.1 Å². The van der Waals surface area contributed by atoms with E-state index in [1.165, 1.54) is 12.0 Å². The Kier molecular flexibility index (Phi) is 5.17. The lowest BCUT2D eigenvalue weighted by Crippen LogP contribution is -2.32. The first-order valence-electron chi connectivity index (χ1n) is 5.89. The molecule has 0 atom stereocenters. The summed E-state index contributed by atoms with van der Waals surface area (Å²) < 4.78 is 5.14. The largest absolute Gasteiger partial charge is 0.496 e. The van der Waals surface area contributed by atoms with Gasteiger partial charge in [-0.3, -0.25) is 9.59 Å². The fourth-order valence-corrected chi connectivity index (χ4v) is 1.63. The molecule has 3 N–H and O–H groups in total. The molecule has 6 nitrogen and oxygen atoms in total. The van der Waals surface area contributed by atoms with E-state index in [4.69, 9.17) is 10.5 Å². The number of amides is 2. The number of nitrogens with one attached hydrogen (secondary N) is 1. The molecule has 0 spiro atoms. The number of rotatable bonds is 5. The van der Waals surface area contributed by atoms with Crippen molar-refractivity contribution in [3.05, 3.63) is 23.8 Å². The Morgan fingerprint density at radius 2 is 2.11 bits per heavy atom. The maximum absolute atomic E-state index is 12.3. The number of anilines is 1. The molecule has 104 valence electrons. The second kappa shape index (κ2) is 6.63. The van der Waals surface area contributed by atoms with E-state index >= 15 is 0 Å². The molecule has 0 saturated carbocycles. The number of carbonyl (C=O) groups is 2. The van der Waals surface area contributed by atoms with Gasteiger partial charge in [0.15, 0.2) is 0 Å². The van der Waals surface area contributed by atoms with E-state index in [2.05, 4.69) is 5.32 Å². The minimum Gasteiger partial charge on any atom is -0.496 e. The summed E-state index contributed by atoms with van der Waals surface area (Å²) >= 11 is 0. The minimum absolute atomic E-state index is 0.118. The number of methoxy groups -OCH3 is 1. The Balaban J connectivity index is 2.85. The summed E-state index contributed by atoms with van der Waals surface area (Å²) in [4.78, 5) is 24.9. The van der Waals surface area contributed by atoms with Crippen molar-refractivity contribution < 1.29 is 14.3 Å². The topological polar surface area (TPSA) is 84.7 Å². The van der Waals surface area contributed by atoms with Crippen LogP contribution in [-0.2, 0) is 4.79 Å². The van der Waals surface area contributed by atoms with Crippen molar-refractivity contribution in [2.24, 2.45) is 0 Å². The third-order valence-electron chi connectivity index (χ3n) is 2.79. The number of benzene rings is 1. The predicted octanol–water partition coefficient (Wildman–Crippen LogP) is 0.486. The summed E-state index contributed by atoms with van der Waals surface area (Å²) in [7, 11) is 4.66. The van der Waals surface area contributed by atoms with Crippen molar-refractivity contribution in [3.8, 4) is 5.75 Å². The van der Waals surface area contributed by atoms with Crippen LogP contribution in [0.4, 0.5) is 5.69 Å². The van der Waals surface area contributed by atoms with E-state index in [1.807, 2.05) is 0 Å². The van der Waals surface area contributed by atoms with Crippen LogP contribution in [-0.4, -0.2) is 44.5 Å². The highest BCUT2D eigenvalue weighted by molar-refractivity contribution is 6.01.